The summed E-state index contributed by atoms with van der Waals surface area (Å²) in [6.45, 7) is 4.46. The molecule has 3 aromatic heterocycles. The third-order valence-electron chi connectivity index (χ3n) is 4.12. The first-order valence-electron chi connectivity index (χ1n) is 7.60. The minimum Gasteiger partial charge on any atom is -0.418 e. The number of rotatable bonds is 3. The van der Waals surface area contributed by atoms with Crippen molar-refractivity contribution < 1.29 is 9.21 Å². The van der Waals surface area contributed by atoms with Crippen LogP contribution in [-0.4, -0.2) is 37.5 Å². The maximum absolute atomic E-state index is 12.8. The first-order valence-corrected chi connectivity index (χ1v) is 9.36. The number of nitrogens with zero attached hydrogens (tertiary/aromatic N) is 5. The molecule has 1 aliphatic rings. The lowest BCUT2D eigenvalue weighted by molar-refractivity contribution is 0.0720. The van der Waals surface area contributed by atoms with Crippen molar-refractivity contribution in [3.63, 3.8) is 0 Å². The molecule has 124 valence electrons. The minimum absolute atomic E-state index is 0.00813. The summed E-state index contributed by atoms with van der Waals surface area (Å²) in [6, 6.07) is -0.173. The molecule has 24 heavy (non-hydrogen) atoms. The zero-order chi connectivity index (χ0) is 16.7. The van der Waals surface area contributed by atoms with Crippen molar-refractivity contribution in [1.29, 1.82) is 0 Å². The Kier molecular flexibility index (Phi) is 3.89. The van der Waals surface area contributed by atoms with E-state index < -0.39 is 0 Å². The second-order valence-electron chi connectivity index (χ2n) is 5.64. The molecule has 0 spiro atoms. The van der Waals surface area contributed by atoms with Crippen molar-refractivity contribution in [3.05, 3.63) is 33.2 Å². The fraction of sp³-hybridized carbons (Fsp3) is 0.400. The van der Waals surface area contributed by atoms with Gasteiger partial charge in [0.2, 0.25) is 5.89 Å². The van der Waals surface area contributed by atoms with Crippen molar-refractivity contribution >= 4 is 28.6 Å². The van der Waals surface area contributed by atoms with Crippen molar-refractivity contribution in [1.82, 2.24) is 25.1 Å². The Hall–Kier alpha value is -2.13. The molecule has 0 aliphatic carbocycles. The Morgan fingerprint density at radius 3 is 2.71 bits per heavy atom. The van der Waals surface area contributed by atoms with Gasteiger partial charge in [0.1, 0.15) is 15.8 Å². The number of carbonyl (C=O) groups excluding carboxylic acids is 1. The molecule has 0 unspecified atom stereocenters. The number of hydrogen-bond acceptors (Lipinski definition) is 8. The summed E-state index contributed by atoms with van der Waals surface area (Å²) < 4.78 is 5.86. The Morgan fingerprint density at radius 1 is 1.21 bits per heavy atom. The monoisotopic (exact) mass is 361 g/mol. The summed E-state index contributed by atoms with van der Waals surface area (Å²) in [7, 11) is 0. The van der Waals surface area contributed by atoms with Gasteiger partial charge >= 0.3 is 0 Å². The largest absolute Gasteiger partial charge is 0.418 e. The van der Waals surface area contributed by atoms with E-state index in [-0.39, 0.29) is 11.9 Å². The van der Waals surface area contributed by atoms with Crippen molar-refractivity contribution in [2.24, 2.45) is 0 Å². The van der Waals surface area contributed by atoms with Crippen molar-refractivity contribution in [2.75, 3.05) is 6.54 Å². The van der Waals surface area contributed by atoms with Gasteiger partial charge in [0.05, 0.1) is 22.4 Å². The smallest absolute Gasteiger partial charge is 0.266 e. The number of likely N-dealkylation sites (tertiary alicyclic amines) is 1. The van der Waals surface area contributed by atoms with Gasteiger partial charge in [-0.15, -0.1) is 32.9 Å². The van der Waals surface area contributed by atoms with Gasteiger partial charge in [-0.1, -0.05) is 0 Å². The summed E-state index contributed by atoms with van der Waals surface area (Å²) in [4.78, 5) is 24.6. The van der Waals surface area contributed by atoms with Crippen LogP contribution in [0.15, 0.2) is 15.4 Å². The SMILES string of the molecule is Cc1ncsc1C(=O)N1CCC[C@H]1c1nnc(-c2scnc2C)o1. The van der Waals surface area contributed by atoms with Crippen LogP contribution in [0.25, 0.3) is 10.8 Å². The molecule has 0 radical (unpaired) electrons. The van der Waals surface area contributed by atoms with E-state index >= 15 is 0 Å². The van der Waals surface area contributed by atoms with Crippen LogP contribution in [0, 0.1) is 13.8 Å². The summed E-state index contributed by atoms with van der Waals surface area (Å²) in [6.07, 6.45) is 1.75. The lowest BCUT2D eigenvalue weighted by atomic mass is 10.2. The number of aryl methyl sites for hydroxylation is 2. The van der Waals surface area contributed by atoms with Gasteiger partial charge < -0.3 is 9.32 Å². The molecular weight excluding hydrogens is 346 g/mol. The third kappa shape index (κ3) is 2.53. The first-order chi connectivity index (χ1) is 11.6. The summed E-state index contributed by atoms with van der Waals surface area (Å²) in [5.74, 6) is 0.954. The fourth-order valence-corrected chi connectivity index (χ4v) is 4.35. The highest BCUT2D eigenvalue weighted by Crippen LogP contribution is 2.35. The van der Waals surface area contributed by atoms with Gasteiger partial charge in [-0.25, -0.2) is 9.97 Å². The Bertz CT molecular complexity index is 884. The Labute approximate surface area is 146 Å². The summed E-state index contributed by atoms with van der Waals surface area (Å²) in [5.41, 5.74) is 5.09. The maximum atomic E-state index is 12.8. The highest BCUT2D eigenvalue weighted by atomic mass is 32.1. The average molecular weight is 361 g/mol. The molecule has 0 N–H and O–H groups in total. The van der Waals surface area contributed by atoms with E-state index in [0.717, 1.165) is 29.1 Å². The predicted octanol–water partition coefficient (Wildman–Crippen LogP) is 3.24. The van der Waals surface area contributed by atoms with E-state index in [1.807, 2.05) is 18.7 Å². The second kappa shape index (κ2) is 6.06. The molecule has 7 nitrogen and oxygen atoms in total. The highest BCUT2D eigenvalue weighted by molar-refractivity contribution is 7.13. The van der Waals surface area contributed by atoms with Crippen LogP contribution in [0.1, 0.15) is 45.8 Å². The van der Waals surface area contributed by atoms with Gasteiger partial charge in [0.15, 0.2) is 0 Å². The average Bonchev–Trinajstić information content (AvgIpc) is 3.33. The zero-order valence-corrected chi connectivity index (χ0v) is 14.9. The Morgan fingerprint density at radius 2 is 2.00 bits per heavy atom. The molecule has 4 heterocycles. The van der Waals surface area contributed by atoms with Gasteiger partial charge in [-0.3, -0.25) is 4.79 Å². The molecule has 0 aromatic carbocycles. The third-order valence-corrected chi connectivity index (χ3v) is 5.95. The summed E-state index contributed by atoms with van der Waals surface area (Å²) in [5, 5.41) is 8.33. The highest BCUT2D eigenvalue weighted by Gasteiger charge is 2.35. The molecule has 3 aromatic rings. The van der Waals surface area contributed by atoms with Gasteiger partial charge in [-0.05, 0) is 26.7 Å². The van der Waals surface area contributed by atoms with E-state index in [4.69, 9.17) is 4.42 Å². The molecule has 0 saturated carbocycles. The molecule has 4 rings (SSSR count). The van der Waals surface area contributed by atoms with Gasteiger partial charge in [0.25, 0.3) is 11.8 Å². The molecule has 1 atom stereocenters. The lowest BCUT2D eigenvalue weighted by Crippen LogP contribution is -2.30. The standard InChI is InChI=1S/C15H15N5O2S2/c1-8-11(23-6-16-8)14-19-18-13(22-14)10-4-3-5-20(10)15(21)12-9(2)17-7-24-12/h6-7,10H,3-5H2,1-2H3/t10-/m0/s1. The zero-order valence-electron chi connectivity index (χ0n) is 13.2. The van der Waals surface area contributed by atoms with Crippen LogP contribution in [0.3, 0.4) is 0 Å². The number of aromatic nitrogens is 4. The minimum atomic E-state index is -0.173. The van der Waals surface area contributed by atoms with Crippen LogP contribution in [0.5, 0.6) is 0 Å². The van der Waals surface area contributed by atoms with Crippen LogP contribution >= 0.6 is 22.7 Å². The lowest BCUT2D eigenvalue weighted by Gasteiger charge is -2.21. The van der Waals surface area contributed by atoms with E-state index in [1.54, 1.807) is 11.0 Å². The second-order valence-corrected chi connectivity index (χ2v) is 7.35. The summed E-state index contributed by atoms with van der Waals surface area (Å²) >= 11 is 2.84. The van der Waals surface area contributed by atoms with Crippen LogP contribution < -0.4 is 0 Å². The van der Waals surface area contributed by atoms with E-state index in [1.165, 1.54) is 22.7 Å². The van der Waals surface area contributed by atoms with E-state index in [0.29, 0.717) is 23.2 Å². The molecule has 9 heteroatoms. The first kappa shape index (κ1) is 15.4. The van der Waals surface area contributed by atoms with Gasteiger partial charge in [-0.2, -0.15) is 0 Å². The molecule has 0 bridgehead atoms. The molecule has 1 aliphatic heterocycles. The van der Waals surface area contributed by atoms with E-state index in [9.17, 15) is 4.79 Å². The van der Waals surface area contributed by atoms with E-state index in [2.05, 4.69) is 20.2 Å². The van der Waals surface area contributed by atoms with Crippen molar-refractivity contribution in [3.8, 4) is 10.8 Å². The molecule has 1 amide bonds. The normalized spacial score (nSPS) is 17.6. The molecule has 1 fully saturated rings. The fourth-order valence-electron chi connectivity index (χ4n) is 2.87. The van der Waals surface area contributed by atoms with Crippen LogP contribution in [-0.2, 0) is 0 Å². The molecular formula is C15H15N5O2S2. The maximum Gasteiger partial charge on any atom is 0.266 e. The Balaban J connectivity index is 1.62. The predicted molar refractivity (Wildman–Crippen MR) is 90.0 cm³/mol. The number of amides is 1. The topological polar surface area (TPSA) is 85.0 Å². The van der Waals surface area contributed by atoms with Crippen molar-refractivity contribution in [2.45, 2.75) is 32.7 Å². The number of thiazole rings is 2. The van der Waals surface area contributed by atoms with Crippen LogP contribution in [0.4, 0.5) is 0 Å². The van der Waals surface area contributed by atoms with Gasteiger partial charge in [0, 0.05) is 6.54 Å². The quantitative estimate of drug-likeness (QED) is 0.712. The molecule has 1 saturated heterocycles. The van der Waals surface area contributed by atoms with Crippen LogP contribution in [0.2, 0.25) is 0 Å². The number of hydrogen-bond donors (Lipinski definition) is 0. The number of carbonyl (C=O) groups is 1.